The maximum atomic E-state index is 12.6. The van der Waals surface area contributed by atoms with Gasteiger partial charge in [-0.1, -0.05) is 66.7 Å². The van der Waals surface area contributed by atoms with Crippen LogP contribution in [-0.4, -0.2) is 22.6 Å². The van der Waals surface area contributed by atoms with Gasteiger partial charge >= 0.3 is 0 Å². The predicted molar refractivity (Wildman–Crippen MR) is 117 cm³/mol. The number of nitrogens with zero attached hydrogens (tertiary/aromatic N) is 1. The van der Waals surface area contributed by atoms with Gasteiger partial charge in [-0.3, -0.25) is 4.79 Å². The highest BCUT2D eigenvalue weighted by atomic mass is 32.1. The third-order valence-corrected chi connectivity index (χ3v) is 6.58. The summed E-state index contributed by atoms with van der Waals surface area (Å²) in [6.07, 6.45) is 5.31. The molecule has 0 aromatic heterocycles. The summed E-state index contributed by atoms with van der Waals surface area (Å²) in [7, 11) is 0. The Hall–Kier alpha value is -0.700. The van der Waals surface area contributed by atoms with E-state index in [1.54, 1.807) is 0 Å². The van der Waals surface area contributed by atoms with Crippen molar-refractivity contribution in [1.29, 1.82) is 0 Å². The molecule has 1 amide bonds. The molecule has 1 rings (SSSR count). The zero-order chi connectivity index (χ0) is 20.3. The summed E-state index contributed by atoms with van der Waals surface area (Å²) in [5, 5.41) is 0.235. The molecule has 26 heavy (non-hydrogen) atoms. The van der Waals surface area contributed by atoms with Gasteiger partial charge in [0.15, 0.2) is 0 Å². The van der Waals surface area contributed by atoms with Crippen LogP contribution in [0.2, 0.25) is 0 Å². The Bertz CT molecular complexity index is 530. The van der Waals surface area contributed by atoms with Gasteiger partial charge in [0, 0.05) is 23.4 Å². The molecule has 2 unspecified atom stereocenters. The van der Waals surface area contributed by atoms with Crippen molar-refractivity contribution >= 4 is 18.5 Å². The lowest BCUT2D eigenvalue weighted by atomic mass is 9.76. The minimum absolute atomic E-state index is 0.126. The molecule has 0 bridgehead atoms. The summed E-state index contributed by atoms with van der Waals surface area (Å²) in [5.41, 5.74) is 2.57. The maximum Gasteiger partial charge on any atom is 0.230 e. The lowest BCUT2D eigenvalue weighted by Gasteiger charge is -2.32. The fourth-order valence-electron chi connectivity index (χ4n) is 3.87. The lowest BCUT2D eigenvalue weighted by Crippen LogP contribution is -2.31. The number of likely N-dealkylation sites (tertiary alicyclic amines) is 1. The van der Waals surface area contributed by atoms with Gasteiger partial charge in [0.05, 0.1) is 0 Å². The van der Waals surface area contributed by atoms with Crippen LogP contribution in [0.3, 0.4) is 0 Å². The summed E-state index contributed by atoms with van der Waals surface area (Å²) >= 11 is 4.54. The molecule has 0 N–H and O–H groups in total. The van der Waals surface area contributed by atoms with Gasteiger partial charge in [0.2, 0.25) is 5.91 Å². The van der Waals surface area contributed by atoms with E-state index in [1.807, 2.05) is 4.90 Å². The summed E-state index contributed by atoms with van der Waals surface area (Å²) in [6, 6.07) is 0. The van der Waals surface area contributed by atoms with Crippen LogP contribution < -0.4 is 0 Å². The van der Waals surface area contributed by atoms with Crippen molar-refractivity contribution in [2.45, 2.75) is 85.8 Å². The first-order chi connectivity index (χ1) is 11.8. The molecule has 2 atom stereocenters. The Morgan fingerprint density at radius 1 is 1.19 bits per heavy atom. The molecule has 1 fully saturated rings. The van der Waals surface area contributed by atoms with E-state index in [2.05, 4.69) is 74.3 Å². The number of rotatable bonds is 10. The molecule has 0 spiro atoms. The van der Waals surface area contributed by atoms with Crippen LogP contribution in [0.5, 0.6) is 0 Å². The van der Waals surface area contributed by atoms with E-state index in [0.29, 0.717) is 5.92 Å². The SMILES string of the molecule is C=C1CC(C(C)C)C(=O)N1CCC(C)(C)CCCC(C)(C)C(=C)C(C)S. The first-order valence-corrected chi connectivity index (χ1v) is 10.7. The molecule has 2 nitrogen and oxygen atoms in total. The Morgan fingerprint density at radius 2 is 1.77 bits per heavy atom. The molecule has 0 saturated carbocycles. The Morgan fingerprint density at radius 3 is 2.23 bits per heavy atom. The molecule has 1 aliphatic rings. The molecule has 1 aliphatic heterocycles. The van der Waals surface area contributed by atoms with Crippen molar-refractivity contribution in [2.24, 2.45) is 22.7 Å². The summed E-state index contributed by atoms with van der Waals surface area (Å²) in [6.45, 7) is 24.7. The standard InChI is InChI=1S/C23H41NOS/c1-16(2)20-15-17(3)24(21(20)25)14-13-22(6,7)11-10-12-23(8,9)18(4)19(5)26/h16,19-20,26H,3-4,10-15H2,1-2,5-9H3. The van der Waals surface area contributed by atoms with E-state index in [1.165, 1.54) is 12.0 Å². The highest BCUT2D eigenvalue weighted by Crippen LogP contribution is 2.38. The van der Waals surface area contributed by atoms with E-state index in [9.17, 15) is 4.79 Å². The number of amides is 1. The van der Waals surface area contributed by atoms with Gasteiger partial charge in [-0.25, -0.2) is 0 Å². The minimum Gasteiger partial charge on any atom is -0.317 e. The van der Waals surface area contributed by atoms with Crippen LogP contribution in [0.25, 0.3) is 0 Å². The smallest absolute Gasteiger partial charge is 0.230 e. The molecular weight excluding hydrogens is 338 g/mol. The zero-order valence-electron chi connectivity index (χ0n) is 18.2. The summed E-state index contributed by atoms with van der Waals surface area (Å²) < 4.78 is 0. The van der Waals surface area contributed by atoms with Crippen molar-refractivity contribution in [3.8, 4) is 0 Å². The summed E-state index contributed by atoms with van der Waals surface area (Å²) in [4.78, 5) is 14.6. The number of hydrogen-bond donors (Lipinski definition) is 1. The van der Waals surface area contributed by atoms with Crippen molar-refractivity contribution in [1.82, 2.24) is 4.90 Å². The number of allylic oxidation sites excluding steroid dienone is 1. The highest BCUT2D eigenvalue weighted by molar-refractivity contribution is 7.81. The van der Waals surface area contributed by atoms with Crippen LogP contribution in [-0.2, 0) is 4.79 Å². The second kappa shape index (κ2) is 8.99. The fraction of sp³-hybridized carbons (Fsp3) is 0.783. The number of carbonyl (C=O) groups is 1. The lowest BCUT2D eigenvalue weighted by molar-refractivity contribution is -0.131. The van der Waals surface area contributed by atoms with Crippen molar-refractivity contribution in [3.05, 3.63) is 24.4 Å². The van der Waals surface area contributed by atoms with Crippen LogP contribution in [0.15, 0.2) is 24.4 Å². The Kier molecular flexibility index (Phi) is 8.07. The predicted octanol–water partition coefficient (Wildman–Crippen LogP) is 6.49. The molecule has 0 aromatic rings. The molecular formula is C23H41NOS. The van der Waals surface area contributed by atoms with Crippen molar-refractivity contribution in [2.75, 3.05) is 6.54 Å². The first-order valence-electron chi connectivity index (χ1n) is 10.1. The number of thiol groups is 1. The van der Waals surface area contributed by atoms with Gasteiger partial charge in [0.1, 0.15) is 0 Å². The topological polar surface area (TPSA) is 20.3 Å². The van der Waals surface area contributed by atoms with Gasteiger partial charge in [-0.05, 0) is 49.4 Å². The van der Waals surface area contributed by atoms with E-state index < -0.39 is 0 Å². The molecule has 150 valence electrons. The molecule has 1 saturated heterocycles. The summed E-state index contributed by atoms with van der Waals surface area (Å²) in [5.74, 6) is 0.795. The Labute approximate surface area is 167 Å². The third kappa shape index (κ3) is 6.18. The van der Waals surface area contributed by atoms with E-state index in [-0.39, 0.29) is 27.9 Å². The first kappa shape index (κ1) is 23.3. The van der Waals surface area contributed by atoms with Crippen molar-refractivity contribution < 1.29 is 4.79 Å². The molecule has 1 heterocycles. The van der Waals surface area contributed by atoms with E-state index in [4.69, 9.17) is 0 Å². The molecule has 3 heteroatoms. The second-order valence-corrected chi connectivity index (χ2v) is 10.7. The zero-order valence-corrected chi connectivity index (χ0v) is 19.1. The average molecular weight is 380 g/mol. The van der Waals surface area contributed by atoms with Gasteiger partial charge < -0.3 is 4.90 Å². The third-order valence-electron chi connectivity index (χ3n) is 6.27. The van der Waals surface area contributed by atoms with E-state index in [0.717, 1.165) is 37.9 Å². The minimum atomic E-state index is 0.126. The Balaban J connectivity index is 2.51. The van der Waals surface area contributed by atoms with Crippen LogP contribution in [0.1, 0.15) is 80.6 Å². The highest BCUT2D eigenvalue weighted by Gasteiger charge is 2.37. The molecule has 0 radical (unpaired) electrons. The average Bonchev–Trinajstić information content (AvgIpc) is 2.78. The second-order valence-electron chi connectivity index (χ2n) is 9.96. The number of hydrogen-bond acceptors (Lipinski definition) is 2. The van der Waals surface area contributed by atoms with Gasteiger partial charge in [-0.2, -0.15) is 12.6 Å². The maximum absolute atomic E-state index is 12.6. The quantitative estimate of drug-likeness (QED) is 0.340. The monoisotopic (exact) mass is 379 g/mol. The van der Waals surface area contributed by atoms with Crippen LogP contribution in [0, 0.1) is 22.7 Å². The van der Waals surface area contributed by atoms with Crippen LogP contribution in [0.4, 0.5) is 0 Å². The normalized spacial score (nSPS) is 20.2. The van der Waals surface area contributed by atoms with Gasteiger partial charge in [-0.15, -0.1) is 0 Å². The largest absolute Gasteiger partial charge is 0.317 e. The van der Waals surface area contributed by atoms with Crippen LogP contribution >= 0.6 is 12.6 Å². The van der Waals surface area contributed by atoms with Crippen molar-refractivity contribution in [3.63, 3.8) is 0 Å². The van der Waals surface area contributed by atoms with E-state index >= 15 is 0 Å². The molecule has 0 aromatic carbocycles. The number of carbonyl (C=O) groups excluding carboxylic acids is 1. The van der Waals surface area contributed by atoms with Gasteiger partial charge in [0.25, 0.3) is 0 Å². The molecule has 0 aliphatic carbocycles. The fourth-order valence-corrected chi connectivity index (χ4v) is 4.22.